The minimum atomic E-state index is -1.11. The van der Waals surface area contributed by atoms with Crippen molar-refractivity contribution in [1.29, 1.82) is 0 Å². The third kappa shape index (κ3) is 2.78. The predicted octanol–water partition coefficient (Wildman–Crippen LogP) is 6.31. The van der Waals surface area contributed by atoms with Crippen LogP contribution in [0.2, 0.25) is 0 Å². The molecule has 1 N–H and O–H groups in total. The number of allylic oxidation sites excluding steroid dienone is 1. The number of fused-ring (bicyclic) bond motifs is 2. The number of carbonyl (C=O) groups is 2. The second-order valence-electron chi connectivity index (χ2n) is 12.3. The Morgan fingerprint density at radius 3 is 2.70 bits per heavy atom. The van der Waals surface area contributed by atoms with Crippen LogP contribution >= 0.6 is 22.6 Å². The van der Waals surface area contributed by atoms with Gasteiger partial charge in [0, 0.05) is 9.84 Å². The number of aliphatic carboxylic acids is 1. The Balaban J connectivity index is 1.69. The van der Waals surface area contributed by atoms with E-state index in [9.17, 15) is 14.7 Å². The number of hydrogen-bond acceptors (Lipinski definition) is 3. The SMILES string of the molecule is CCCC[C@@H]1C[C@H](C23C[C@@H]4[C@H](C)CC[C@H]4C4(C=O)CC2C=C(C(C)C)[C@]43C(=O)O)O[C@H]1CI. The number of hydrogen-bond donors (Lipinski definition) is 1. The summed E-state index contributed by atoms with van der Waals surface area (Å²) in [5, 5.41) is 11.2. The highest BCUT2D eigenvalue weighted by Gasteiger charge is 2.86. The van der Waals surface area contributed by atoms with Crippen LogP contribution in [-0.4, -0.2) is 34.0 Å². The van der Waals surface area contributed by atoms with E-state index in [1.165, 1.54) is 12.8 Å². The van der Waals surface area contributed by atoms with Gasteiger partial charge in [0.25, 0.3) is 0 Å². The first-order valence-corrected chi connectivity index (χ1v) is 14.9. The molecule has 4 aliphatic carbocycles. The molecular formula is C28H41IO4. The number of rotatable bonds is 8. The normalized spacial score (nSPS) is 50.0. The number of ether oxygens (including phenoxy) is 1. The number of carboxylic acid groups (broad SMARTS) is 1. The summed E-state index contributed by atoms with van der Waals surface area (Å²) in [7, 11) is 0. The fourth-order valence-corrected chi connectivity index (χ4v) is 10.8. The highest BCUT2D eigenvalue weighted by Crippen LogP contribution is 2.84. The summed E-state index contributed by atoms with van der Waals surface area (Å²) in [4.78, 5) is 26.9. The van der Waals surface area contributed by atoms with Gasteiger partial charge < -0.3 is 14.6 Å². The van der Waals surface area contributed by atoms with Crippen molar-refractivity contribution in [3.8, 4) is 0 Å². The van der Waals surface area contributed by atoms with Crippen LogP contribution < -0.4 is 0 Å². The van der Waals surface area contributed by atoms with Crippen molar-refractivity contribution >= 4 is 34.8 Å². The molecule has 1 heterocycles. The largest absolute Gasteiger partial charge is 0.481 e. The Morgan fingerprint density at radius 1 is 1.33 bits per heavy atom. The Hall–Kier alpha value is -0.430. The van der Waals surface area contributed by atoms with Crippen molar-refractivity contribution < 1.29 is 19.4 Å². The molecule has 4 bridgehead atoms. The molecule has 0 amide bonds. The first-order chi connectivity index (χ1) is 15.7. The Kier molecular flexibility index (Phi) is 6.12. The van der Waals surface area contributed by atoms with Gasteiger partial charge in [0.15, 0.2) is 0 Å². The van der Waals surface area contributed by atoms with Crippen LogP contribution in [0.5, 0.6) is 0 Å². The predicted molar refractivity (Wildman–Crippen MR) is 137 cm³/mol. The molecule has 0 radical (unpaired) electrons. The maximum absolute atomic E-state index is 13.7. The van der Waals surface area contributed by atoms with E-state index in [-0.39, 0.29) is 30.0 Å². The molecule has 4 nitrogen and oxygen atoms in total. The van der Waals surface area contributed by atoms with Gasteiger partial charge >= 0.3 is 5.97 Å². The number of carboxylic acids is 1. The van der Waals surface area contributed by atoms with E-state index < -0.39 is 22.2 Å². The maximum atomic E-state index is 13.7. The summed E-state index contributed by atoms with van der Waals surface area (Å²) in [6, 6.07) is 0. The van der Waals surface area contributed by atoms with Gasteiger partial charge in [-0.1, -0.05) is 81.2 Å². The molecule has 0 spiro atoms. The van der Waals surface area contributed by atoms with E-state index >= 15 is 0 Å². The van der Waals surface area contributed by atoms with E-state index in [1.54, 1.807) is 0 Å². The van der Waals surface area contributed by atoms with Crippen LogP contribution in [0.15, 0.2) is 11.6 Å². The topological polar surface area (TPSA) is 63.6 Å². The molecule has 3 saturated carbocycles. The van der Waals surface area contributed by atoms with Crippen LogP contribution in [-0.2, 0) is 14.3 Å². The molecule has 1 aliphatic heterocycles. The van der Waals surface area contributed by atoms with Crippen molar-refractivity contribution in [3.63, 3.8) is 0 Å². The van der Waals surface area contributed by atoms with Gasteiger partial charge in [-0.05, 0) is 67.6 Å². The number of carbonyl (C=O) groups excluding carboxylic acids is 1. The number of alkyl halides is 1. The summed E-state index contributed by atoms with van der Waals surface area (Å²) in [6.07, 6.45) is 11.8. The second-order valence-corrected chi connectivity index (χ2v) is 13.2. The Bertz CT molecular complexity index is 853. The molecule has 0 aromatic carbocycles. The summed E-state index contributed by atoms with van der Waals surface area (Å²) in [6.45, 7) is 8.82. The molecular weight excluding hydrogens is 527 g/mol. The second kappa shape index (κ2) is 8.31. The van der Waals surface area contributed by atoms with Gasteiger partial charge in [0.1, 0.15) is 11.7 Å². The van der Waals surface area contributed by atoms with Gasteiger partial charge in [-0.3, -0.25) is 4.79 Å². The first kappa shape index (κ1) is 24.3. The summed E-state index contributed by atoms with van der Waals surface area (Å²) in [5.74, 6) is 1.19. The highest BCUT2D eigenvalue weighted by molar-refractivity contribution is 14.1. The first-order valence-electron chi connectivity index (χ1n) is 13.4. The quantitative estimate of drug-likeness (QED) is 0.161. The molecule has 5 aliphatic rings. The number of unbranched alkanes of at least 4 members (excludes halogenated alkanes) is 1. The molecule has 4 fully saturated rings. The van der Waals surface area contributed by atoms with E-state index in [1.807, 2.05) is 0 Å². The van der Waals surface area contributed by atoms with Crippen LogP contribution in [0.1, 0.15) is 79.1 Å². The third-order valence-electron chi connectivity index (χ3n) is 11.0. The van der Waals surface area contributed by atoms with Crippen LogP contribution in [0.3, 0.4) is 0 Å². The van der Waals surface area contributed by atoms with Crippen molar-refractivity contribution in [2.24, 2.45) is 51.8 Å². The molecule has 5 rings (SSSR count). The molecule has 5 heteroatoms. The average molecular weight is 569 g/mol. The molecule has 1 saturated heterocycles. The lowest BCUT2D eigenvalue weighted by Crippen LogP contribution is -2.65. The van der Waals surface area contributed by atoms with E-state index in [0.717, 1.165) is 48.4 Å². The zero-order chi connectivity index (χ0) is 23.8. The van der Waals surface area contributed by atoms with E-state index in [4.69, 9.17) is 4.74 Å². The number of aldehydes is 1. The smallest absolute Gasteiger partial charge is 0.315 e. The molecule has 184 valence electrons. The summed E-state index contributed by atoms with van der Waals surface area (Å²) in [5.41, 5.74) is -1.34. The molecule has 10 atom stereocenters. The summed E-state index contributed by atoms with van der Waals surface area (Å²) >= 11 is 2.45. The summed E-state index contributed by atoms with van der Waals surface area (Å²) < 4.78 is 7.87. The lowest BCUT2D eigenvalue weighted by molar-refractivity contribution is -0.196. The van der Waals surface area contributed by atoms with Crippen LogP contribution in [0.4, 0.5) is 0 Å². The van der Waals surface area contributed by atoms with Gasteiger partial charge in [0.2, 0.25) is 0 Å². The molecule has 0 aromatic heterocycles. The zero-order valence-electron chi connectivity index (χ0n) is 20.7. The van der Waals surface area contributed by atoms with Gasteiger partial charge in [0.05, 0.1) is 17.6 Å². The van der Waals surface area contributed by atoms with Crippen molar-refractivity contribution in [2.45, 2.75) is 91.3 Å². The van der Waals surface area contributed by atoms with Crippen molar-refractivity contribution in [2.75, 3.05) is 4.43 Å². The standard InChI is InChI=1S/C28H41IO4/c1-5-6-7-18-10-24(33-23(18)14-29)27-13-20-17(4)8-9-21(20)26(15-30)12-19(27)11-22(16(2)3)28(26,27)25(31)32/h11,15-21,23-24H,5-10,12-14H2,1-4H3,(H,31,32)/t17-,18-,19?,20-,21-,23+,24-,26?,27?,28+/m1/s1. The fourth-order valence-electron chi connectivity index (χ4n) is 9.92. The Morgan fingerprint density at radius 2 is 2.09 bits per heavy atom. The minimum absolute atomic E-state index is 0.0664. The maximum Gasteiger partial charge on any atom is 0.315 e. The van der Waals surface area contributed by atoms with Gasteiger partial charge in [-0.2, -0.15) is 0 Å². The third-order valence-corrected chi connectivity index (χ3v) is 11.9. The van der Waals surface area contributed by atoms with Crippen LogP contribution in [0, 0.1) is 51.8 Å². The van der Waals surface area contributed by atoms with Crippen LogP contribution in [0.25, 0.3) is 0 Å². The van der Waals surface area contributed by atoms with Gasteiger partial charge in [-0.25, -0.2) is 0 Å². The minimum Gasteiger partial charge on any atom is -0.481 e. The number of halogens is 1. The van der Waals surface area contributed by atoms with E-state index in [2.05, 4.69) is 56.4 Å². The van der Waals surface area contributed by atoms with Crippen molar-refractivity contribution in [1.82, 2.24) is 0 Å². The molecule has 33 heavy (non-hydrogen) atoms. The molecule has 0 aromatic rings. The Labute approximate surface area is 212 Å². The zero-order valence-corrected chi connectivity index (χ0v) is 22.8. The van der Waals surface area contributed by atoms with Gasteiger partial charge in [-0.15, -0.1) is 0 Å². The lowest BCUT2D eigenvalue weighted by atomic mass is 9.41. The molecule has 3 unspecified atom stereocenters. The average Bonchev–Trinajstić information content (AvgIpc) is 3.50. The highest BCUT2D eigenvalue weighted by atomic mass is 127. The van der Waals surface area contributed by atoms with Crippen molar-refractivity contribution in [3.05, 3.63) is 11.6 Å². The van der Waals surface area contributed by atoms with E-state index in [0.29, 0.717) is 24.2 Å². The fraction of sp³-hybridized carbons (Fsp3) is 0.857. The monoisotopic (exact) mass is 568 g/mol. The lowest BCUT2D eigenvalue weighted by Gasteiger charge is -2.60.